The summed E-state index contributed by atoms with van der Waals surface area (Å²) in [6.45, 7) is 1.73. The quantitative estimate of drug-likeness (QED) is 0.858. The summed E-state index contributed by atoms with van der Waals surface area (Å²) in [5, 5.41) is 8.95. The smallest absolute Gasteiger partial charge is 0.305 e. The van der Waals surface area contributed by atoms with Crippen LogP contribution in [0.4, 0.5) is 0 Å². The zero-order valence-electron chi connectivity index (χ0n) is 13.6. The minimum absolute atomic E-state index is 0.0135. The van der Waals surface area contributed by atoms with Crippen molar-refractivity contribution in [2.45, 2.75) is 31.8 Å². The lowest BCUT2D eigenvalue weighted by molar-refractivity contribution is -0.141. The first-order valence-corrected chi connectivity index (χ1v) is 8.46. The molecule has 0 spiro atoms. The highest BCUT2D eigenvalue weighted by Gasteiger charge is 2.31. The molecule has 6 nitrogen and oxygen atoms in total. The van der Waals surface area contributed by atoms with Gasteiger partial charge in [0.25, 0.3) is 0 Å². The maximum Gasteiger partial charge on any atom is 0.305 e. The molecule has 0 aromatic heterocycles. The number of carbonyl (C=O) groups is 2. The van der Waals surface area contributed by atoms with Gasteiger partial charge in [-0.15, -0.1) is 0 Å². The minimum Gasteiger partial charge on any atom is -0.492 e. The Morgan fingerprint density at radius 3 is 2.88 bits per heavy atom. The van der Waals surface area contributed by atoms with E-state index in [9.17, 15) is 9.59 Å². The predicted octanol–water partition coefficient (Wildman–Crippen LogP) is 1.72. The van der Waals surface area contributed by atoms with Gasteiger partial charge >= 0.3 is 5.97 Å². The number of para-hydroxylation sites is 1. The fourth-order valence-corrected chi connectivity index (χ4v) is 3.30. The molecule has 1 fully saturated rings. The van der Waals surface area contributed by atoms with E-state index in [0.29, 0.717) is 26.2 Å². The molecule has 0 aliphatic carbocycles. The van der Waals surface area contributed by atoms with E-state index in [0.717, 1.165) is 24.2 Å². The van der Waals surface area contributed by atoms with Gasteiger partial charge in [-0.1, -0.05) is 18.2 Å². The number of rotatable bonds is 6. The van der Waals surface area contributed by atoms with Gasteiger partial charge in [-0.05, 0) is 30.9 Å². The van der Waals surface area contributed by atoms with Crippen molar-refractivity contribution in [2.75, 3.05) is 26.3 Å². The summed E-state index contributed by atoms with van der Waals surface area (Å²) < 4.78 is 11.3. The molecule has 1 amide bonds. The van der Waals surface area contributed by atoms with Gasteiger partial charge in [0.2, 0.25) is 5.91 Å². The molecule has 0 unspecified atom stereocenters. The Balaban J connectivity index is 1.66. The van der Waals surface area contributed by atoms with Crippen LogP contribution in [0, 0.1) is 5.92 Å². The second-order valence-corrected chi connectivity index (χ2v) is 6.38. The maximum atomic E-state index is 12.9. The fraction of sp³-hybridized carbons (Fsp3) is 0.556. The van der Waals surface area contributed by atoms with Crippen molar-refractivity contribution in [3.05, 3.63) is 29.8 Å². The van der Waals surface area contributed by atoms with Crippen molar-refractivity contribution in [1.82, 2.24) is 4.90 Å². The van der Waals surface area contributed by atoms with Crippen LogP contribution < -0.4 is 4.74 Å². The number of carbonyl (C=O) groups excluding carboxylic acids is 1. The second-order valence-electron chi connectivity index (χ2n) is 6.38. The van der Waals surface area contributed by atoms with Gasteiger partial charge in [-0.25, -0.2) is 0 Å². The standard InChI is InChI=1S/C18H23NO5/c20-17(21)7-8-19(11-15-5-3-9-23-15)18(22)14-10-13-4-1-2-6-16(13)24-12-14/h1-2,4,6,14-15H,3,5,7-12H2,(H,20,21)/t14-,15+/m1/s1. The van der Waals surface area contributed by atoms with Crippen LogP contribution in [0.25, 0.3) is 0 Å². The SMILES string of the molecule is O=C(O)CCN(C[C@@H]1CCCO1)C(=O)[C@H]1COc2ccccc2C1. The van der Waals surface area contributed by atoms with Crippen molar-refractivity contribution in [2.24, 2.45) is 5.92 Å². The van der Waals surface area contributed by atoms with E-state index >= 15 is 0 Å². The molecule has 0 saturated carbocycles. The molecule has 2 aliphatic heterocycles. The van der Waals surface area contributed by atoms with E-state index in [1.165, 1.54) is 0 Å². The Bertz CT molecular complexity index is 597. The van der Waals surface area contributed by atoms with Gasteiger partial charge in [-0.3, -0.25) is 9.59 Å². The zero-order chi connectivity index (χ0) is 16.9. The molecule has 1 aromatic carbocycles. The number of hydrogen-bond acceptors (Lipinski definition) is 4. The van der Waals surface area contributed by atoms with E-state index in [1.54, 1.807) is 4.90 Å². The summed E-state index contributed by atoms with van der Waals surface area (Å²) in [6.07, 6.45) is 2.50. The van der Waals surface area contributed by atoms with Gasteiger partial charge in [-0.2, -0.15) is 0 Å². The summed E-state index contributed by atoms with van der Waals surface area (Å²) in [7, 11) is 0. The summed E-state index contributed by atoms with van der Waals surface area (Å²) in [6, 6.07) is 7.72. The molecule has 2 heterocycles. The molecule has 6 heteroatoms. The highest BCUT2D eigenvalue weighted by molar-refractivity contribution is 5.80. The third-order valence-corrected chi connectivity index (χ3v) is 4.58. The maximum absolute atomic E-state index is 12.9. The number of aliphatic carboxylic acids is 1. The van der Waals surface area contributed by atoms with Crippen LogP contribution in [0.2, 0.25) is 0 Å². The van der Waals surface area contributed by atoms with Gasteiger partial charge < -0.3 is 19.5 Å². The summed E-state index contributed by atoms with van der Waals surface area (Å²) in [5.41, 5.74) is 1.03. The zero-order valence-corrected chi connectivity index (χ0v) is 13.6. The van der Waals surface area contributed by atoms with Crippen LogP contribution in [0.3, 0.4) is 0 Å². The molecule has 1 N–H and O–H groups in total. The third kappa shape index (κ3) is 4.06. The predicted molar refractivity (Wildman–Crippen MR) is 86.9 cm³/mol. The Kier molecular flexibility index (Phi) is 5.35. The number of hydrogen-bond donors (Lipinski definition) is 1. The second kappa shape index (κ2) is 7.66. The van der Waals surface area contributed by atoms with E-state index in [4.69, 9.17) is 14.6 Å². The average molecular weight is 333 g/mol. The number of ether oxygens (including phenoxy) is 2. The third-order valence-electron chi connectivity index (χ3n) is 4.58. The molecular weight excluding hydrogens is 310 g/mol. The van der Waals surface area contributed by atoms with Crippen molar-refractivity contribution < 1.29 is 24.2 Å². The molecule has 1 aromatic rings. The van der Waals surface area contributed by atoms with Crippen LogP contribution in [-0.2, 0) is 20.7 Å². The minimum atomic E-state index is -0.898. The van der Waals surface area contributed by atoms with Crippen molar-refractivity contribution in [3.63, 3.8) is 0 Å². The first-order valence-electron chi connectivity index (χ1n) is 8.46. The lowest BCUT2D eigenvalue weighted by Gasteiger charge is -2.31. The average Bonchev–Trinajstić information content (AvgIpc) is 3.10. The highest BCUT2D eigenvalue weighted by atomic mass is 16.5. The Morgan fingerprint density at radius 2 is 2.12 bits per heavy atom. The first kappa shape index (κ1) is 16.8. The van der Waals surface area contributed by atoms with E-state index in [2.05, 4.69) is 0 Å². The van der Waals surface area contributed by atoms with Crippen molar-refractivity contribution >= 4 is 11.9 Å². The molecule has 0 bridgehead atoms. The van der Waals surface area contributed by atoms with E-state index in [1.807, 2.05) is 24.3 Å². The normalized spacial score (nSPS) is 22.5. The first-order chi connectivity index (χ1) is 11.6. The molecule has 2 atom stereocenters. The summed E-state index contributed by atoms with van der Waals surface area (Å²) in [4.78, 5) is 25.5. The number of benzene rings is 1. The van der Waals surface area contributed by atoms with Gasteiger partial charge in [0.15, 0.2) is 0 Å². The van der Waals surface area contributed by atoms with E-state index < -0.39 is 5.97 Å². The van der Waals surface area contributed by atoms with Crippen LogP contribution in [0.1, 0.15) is 24.8 Å². The summed E-state index contributed by atoms with van der Waals surface area (Å²) >= 11 is 0. The van der Waals surface area contributed by atoms with Crippen molar-refractivity contribution in [1.29, 1.82) is 0 Å². The molecule has 24 heavy (non-hydrogen) atoms. The number of fused-ring (bicyclic) bond motifs is 1. The van der Waals surface area contributed by atoms with Crippen LogP contribution in [-0.4, -0.2) is 54.3 Å². The van der Waals surface area contributed by atoms with Crippen LogP contribution in [0.5, 0.6) is 5.75 Å². The molecule has 2 aliphatic rings. The molecule has 130 valence electrons. The highest BCUT2D eigenvalue weighted by Crippen LogP contribution is 2.28. The number of carboxylic acids is 1. The topological polar surface area (TPSA) is 76.1 Å². The van der Waals surface area contributed by atoms with Crippen LogP contribution in [0.15, 0.2) is 24.3 Å². The van der Waals surface area contributed by atoms with Gasteiger partial charge in [0, 0.05) is 19.7 Å². The number of amides is 1. The lowest BCUT2D eigenvalue weighted by atomic mass is 9.95. The summed E-state index contributed by atoms with van der Waals surface area (Å²) in [5.74, 6) is -0.375. The Hall–Kier alpha value is -2.08. The monoisotopic (exact) mass is 333 g/mol. The number of nitrogens with zero attached hydrogens (tertiary/aromatic N) is 1. The van der Waals surface area contributed by atoms with Gasteiger partial charge in [0.05, 0.1) is 18.4 Å². The van der Waals surface area contributed by atoms with Gasteiger partial charge in [0.1, 0.15) is 12.4 Å². The van der Waals surface area contributed by atoms with E-state index in [-0.39, 0.29) is 30.9 Å². The Labute approximate surface area is 141 Å². The largest absolute Gasteiger partial charge is 0.492 e. The molecule has 1 saturated heterocycles. The van der Waals surface area contributed by atoms with Crippen LogP contribution >= 0.6 is 0 Å². The number of carboxylic acid groups (broad SMARTS) is 1. The molecule has 0 radical (unpaired) electrons. The molecular formula is C18H23NO5. The fourth-order valence-electron chi connectivity index (χ4n) is 3.30. The Morgan fingerprint density at radius 1 is 1.29 bits per heavy atom. The molecule has 3 rings (SSSR count). The lowest BCUT2D eigenvalue weighted by Crippen LogP contribution is -2.45. The van der Waals surface area contributed by atoms with Crippen molar-refractivity contribution in [3.8, 4) is 5.75 Å².